The molecule has 2 atom stereocenters. The normalized spacial score (nSPS) is 21.0. The molecule has 1 aliphatic carbocycles. The van der Waals surface area contributed by atoms with E-state index in [-0.39, 0.29) is 0 Å². The summed E-state index contributed by atoms with van der Waals surface area (Å²) in [6.45, 7) is 2.28. The van der Waals surface area contributed by atoms with E-state index in [1.165, 1.54) is 96.3 Å². The molecule has 0 bridgehead atoms. The molecule has 24 heavy (non-hydrogen) atoms. The zero-order valence-corrected chi connectivity index (χ0v) is 16.2. The van der Waals surface area contributed by atoms with Gasteiger partial charge in [-0.2, -0.15) is 0 Å². The number of carboxylic acids is 1. The Labute approximate surface area is 150 Å². The van der Waals surface area contributed by atoms with Gasteiger partial charge in [0.2, 0.25) is 0 Å². The van der Waals surface area contributed by atoms with Crippen LogP contribution in [0.2, 0.25) is 0 Å². The predicted molar refractivity (Wildman–Crippen MR) is 103 cm³/mol. The number of carbonyl (C=O) groups is 1. The number of hydrogen-bond acceptors (Lipinski definition) is 1. The first-order valence-corrected chi connectivity index (χ1v) is 11.0. The fourth-order valence-corrected chi connectivity index (χ4v) is 4.45. The van der Waals surface area contributed by atoms with Gasteiger partial charge >= 0.3 is 5.97 Å². The van der Waals surface area contributed by atoms with E-state index in [1.807, 2.05) is 0 Å². The van der Waals surface area contributed by atoms with E-state index < -0.39 is 5.97 Å². The van der Waals surface area contributed by atoms with Gasteiger partial charge in [0.1, 0.15) is 0 Å². The van der Waals surface area contributed by atoms with E-state index >= 15 is 0 Å². The Hall–Kier alpha value is -0.530. The monoisotopic (exact) mass is 338 g/mol. The van der Waals surface area contributed by atoms with Crippen molar-refractivity contribution in [1.82, 2.24) is 0 Å². The molecule has 1 rings (SSSR count). The third-order valence-electron chi connectivity index (χ3n) is 5.96. The van der Waals surface area contributed by atoms with Crippen LogP contribution in [0.15, 0.2) is 0 Å². The molecule has 2 nitrogen and oxygen atoms in total. The second kappa shape index (κ2) is 14.8. The van der Waals surface area contributed by atoms with Crippen molar-refractivity contribution in [3.05, 3.63) is 0 Å². The molecule has 0 aliphatic heterocycles. The maximum Gasteiger partial charge on any atom is 0.303 e. The molecule has 2 unspecified atom stereocenters. The van der Waals surface area contributed by atoms with Gasteiger partial charge in [0.15, 0.2) is 0 Å². The van der Waals surface area contributed by atoms with Crippen molar-refractivity contribution < 1.29 is 9.90 Å². The van der Waals surface area contributed by atoms with Crippen molar-refractivity contribution in [2.24, 2.45) is 11.8 Å². The SMILES string of the molecule is CCCCCCCCCCCCC1CCCCC1CCCC(=O)O. The molecule has 1 N–H and O–H groups in total. The number of unbranched alkanes of at least 4 members (excludes halogenated alkanes) is 9. The lowest BCUT2D eigenvalue weighted by molar-refractivity contribution is -0.137. The quantitative estimate of drug-likeness (QED) is 0.317. The lowest BCUT2D eigenvalue weighted by Gasteiger charge is -2.31. The summed E-state index contributed by atoms with van der Waals surface area (Å²) in [6.07, 6.45) is 23.5. The predicted octanol–water partition coefficient (Wildman–Crippen LogP) is 7.36. The van der Waals surface area contributed by atoms with Crippen LogP contribution in [0, 0.1) is 11.8 Å². The summed E-state index contributed by atoms with van der Waals surface area (Å²) >= 11 is 0. The number of hydrogen-bond donors (Lipinski definition) is 1. The molecule has 1 aliphatic rings. The molecule has 1 saturated carbocycles. The van der Waals surface area contributed by atoms with Crippen LogP contribution in [0.3, 0.4) is 0 Å². The van der Waals surface area contributed by atoms with Gasteiger partial charge in [-0.1, -0.05) is 103 Å². The van der Waals surface area contributed by atoms with Gasteiger partial charge in [0, 0.05) is 6.42 Å². The first-order chi connectivity index (χ1) is 11.7. The van der Waals surface area contributed by atoms with Crippen molar-refractivity contribution in [2.75, 3.05) is 0 Å². The summed E-state index contributed by atoms with van der Waals surface area (Å²) < 4.78 is 0. The minimum Gasteiger partial charge on any atom is -0.481 e. The Morgan fingerprint density at radius 2 is 1.21 bits per heavy atom. The van der Waals surface area contributed by atoms with E-state index in [0.29, 0.717) is 6.42 Å². The summed E-state index contributed by atoms with van der Waals surface area (Å²) in [5.74, 6) is 1.08. The minimum atomic E-state index is -0.628. The highest BCUT2D eigenvalue weighted by Gasteiger charge is 2.24. The Balaban J connectivity index is 2.00. The minimum absolute atomic E-state index is 0.363. The van der Waals surface area contributed by atoms with Crippen molar-refractivity contribution in [3.63, 3.8) is 0 Å². The van der Waals surface area contributed by atoms with E-state index in [0.717, 1.165) is 24.7 Å². The Morgan fingerprint density at radius 3 is 1.71 bits per heavy atom. The topological polar surface area (TPSA) is 37.3 Å². The first-order valence-electron chi connectivity index (χ1n) is 11.0. The van der Waals surface area contributed by atoms with E-state index in [2.05, 4.69) is 6.92 Å². The van der Waals surface area contributed by atoms with Gasteiger partial charge in [-0.3, -0.25) is 4.79 Å². The molecule has 0 radical (unpaired) electrons. The molecule has 0 aromatic carbocycles. The van der Waals surface area contributed by atoms with Crippen LogP contribution < -0.4 is 0 Å². The highest BCUT2D eigenvalue weighted by molar-refractivity contribution is 5.66. The van der Waals surface area contributed by atoms with E-state index in [1.54, 1.807) is 0 Å². The highest BCUT2D eigenvalue weighted by atomic mass is 16.4. The average molecular weight is 339 g/mol. The lowest BCUT2D eigenvalue weighted by atomic mass is 9.74. The number of rotatable bonds is 15. The summed E-state index contributed by atoms with van der Waals surface area (Å²) in [7, 11) is 0. The summed E-state index contributed by atoms with van der Waals surface area (Å²) in [4.78, 5) is 10.7. The van der Waals surface area contributed by atoms with Crippen molar-refractivity contribution in [2.45, 2.75) is 122 Å². The largest absolute Gasteiger partial charge is 0.481 e. The van der Waals surface area contributed by atoms with Gasteiger partial charge in [0.05, 0.1) is 0 Å². The zero-order valence-electron chi connectivity index (χ0n) is 16.2. The number of carboxylic acid groups (broad SMARTS) is 1. The molecule has 2 heteroatoms. The second-order valence-electron chi connectivity index (χ2n) is 8.06. The molecule has 0 aromatic heterocycles. The van der Waals surface area contributed by atoms with Crippen LogP contribution in [0.25, 0.3) is 0 Å². The fourth-order valence-electron chi connectivity index (χ4n) is 4.45. The first kappa shape index (κ1) is 21.5. The van der Waals surface area contributed by atoms with Gasteiger partial charge in [-0.25, -0.2) is 0 Å². The van der Waals surface area contributed by atoms with Crippen LogP contribution in [-0.2, 0) is 4.79 Å². The van der Waals surface area contributed by atoms with Gasteiger partial charge in [-0.05, 0) is 24.7 Å². The molecular formula is C22H42O2. The van der Waals surface area contributed by atoms with Gasteiger partial charge < -0.3 is 5.11 Å². The van der Waals surface area contributed by atoms with E-state index in [4.69, 9.17) is 5.11 Å². The van der Waals surface area contributed by atoms with Gasteiger partial charge in [0.25, 0.3) is 0 Å². The summed E-state index contributed by atoms with van der Waals surface area (Å²) in [5, 5.41) is 8.81. The fraction of sp³-hybridized carbons (Fsp3) is 0.955. The maximum atomic E-state index is 10.7. The van der Waals surface area contributed by atoms with Gasteiger partial charge in [-0.15, -0.1) is 0 Å². The van der Waals surface area contributed by atoms with Crippen LogP contribution in [-0.4, -0.2) is 11.1 Å². The second-order valence-corrected chi connectivity index (χ2v) is 8.06. The molecule has 1 fully saturated rings. The Bertz CT molecular complexity index is 300. The maximum absolute atomic E-state index is 10.7. The van der Waals surface area contributed by atoms with E-state index in [9.17, 15) is 4.79 Å². The summed E-state index contributed by atoms with van der Waals surface area (Å²) in [6, 6.07) is 0. The van der Waals surface area contributed by atoms with Crippen LogP contribution in [0.4, 0.5) is 0 Å². The van der Waals surface area contributed by atoms with Crippen molar-refractivity contribution in [1.29, 1.82) is 0 Å². The standard InChI is InChI=1S/C22H42O2/c1-2-3-4-5-6-7-8-9-10-11-15-20-16-12-13-17-21(20)18-14-19-22(23)24/h20-21H,2-19H2,1H3,(H,23,24). The van der Waals surface area contributed by atoms with Crippen LogP contribution >= 0.6 is 0 Å². The third kappa shape index (κ3) is 11.1. The van der Waals surface area contributed by atoms with Crippen molar-refractivity contribution >= 4 is 5.97 Å². The number of aliphatic carboxylic acids is 1. The molecule has 142 valence electrons. The van der Waals surface area contributed by atoms with Crippen LogP contribution in [0.1, 0.15) is 122 Å². The smallest absolute Gasteiger partial charge is 0.303 e. The Morgan fingerprint density at radius 1 is 0.750 bits per heavy atom. The molecule has 0 saturated heterocycles. The molecule has 0 spiro atoms. The van der Waals surface area contributed by atoms with Crippen molar-refractivity contribution in [3.8, 4) is 0 Å². The molecule has 0 aromatic rings. The molecule has 0 amide bonds. The van der Waals surface area contributed by atoms with Crippen LogP contribution in [0.5, 0.6) is 0 Å². The summed E-state index contributed by atoms with van der Waals surface area (Å²) in [5.41, 5.74) is 0. The zero-order chi connectivity index (χ0) is 17.5. The highest BCUT2D eigenvalue weighted by Crippen LogP contribution is 2.36. The molecular weight excluding hydrogens is 296 g/mol. The average Bonchev–Trinajstić information content (AvgIpc) is 2.57. The third-order valence-corrected chi connectivity index (χ3v) is 5.96. The Kier molecular flexibility index (Phi) is 13.3. The lowest BCUT2D eigenvalue weighted by Crippen LogP contribution is -2.19. The molecule has 0 heterocycles.